The number of nitrogens with zero attached hydrogens (tertiary/aromatic N) is 3. The Balaban J connectivity index is 1.38. The molecule has 3 aromatic carbocycles. The highest BCUT2D eigenvalue weighted by atomic mass is 16.4. The fourth-order valence-corrected chi connectivity index (χ4v) is 3.89. The number of piperidine rings is 1. The Morgan fingerprint density at radius 3 is 2.81 bits per heavy atom. The van der Waals surface area contributed by atoms with Gasteiger partial charge in [-0.15, -0.1) is 5.11 Å². The summed E-state index contributed by atoms with van der Waals surface area (Å²) in [6, 6.07) is 21.9. The average molecular weight is 412 g/mol. The summed E-state index contributed by atoms with van der Waals surface area (Å²) in [4.78, 5) is 13.4. The molecule has 0 bridgehead atoms. The molecule has 0 saturated carbocycles. The van der Waals surface area contributed by atoms with Gasteiger partial charge in [-0.1, -0.05) is 54.3 Å². The second kappa shape index (κ2) is 10.0. The van der Waals surface area contributed by atoms with Crippen LogP contribution in [0.1, 0.15) is 24.8 Å². The molecule has 1 N–H and O–H groups in total. The van der Waals surface area contributed by atoms with Gasteiger partial charge in [-0.25, -0.2) is 0 Å². The van der Waals surface area contributed by atoms with Crippen molar-refractivity contribution >= 4 is 28.1 Å². The third-order valence-electron chi connectivity index (χ3n) is 5.53. The van der Waals surface area contributed by atoms with Gasteiger partial charge in [0.25, 0.3) is 0 Å². The zero-order chi connectivity index (χ0) is 21.5. The first kappa shape index (κ1) is 20.8. The molecule has 5 nitrogen and oxygen atoms in total. The number of carboxylic acid groups (broad SMARTS) is 1. The smallest absolute Gasteiger partial charge is 0.307 e. The second-order valence-corrected chi connectivity index (χ2v) is 7.78. The van der Waals surface area contributed by atoms with Gasteiger partial charge in [-0.05, 0) is 49.0 Å². The van der Waals surface area contributed by atoms with Crippen LogP contribution in [0.2, 0.25) is 0 Å². The van der Waals surface area contributed by atoms with Gasteiger partial charge in [-0.2, -0.15) is 5.11 Å². The van der Waals surface area contributed by atoms with Gasteiger partial charge in [-0.3, -0.25) is 4.79 Å². The summed E-state index contributed by atoms with van der Waals surface area (Å²) in [6.07, 6.45) is 2.43. The first-order valence-electron chi connectivity index (χ1n) is 10.6. The Morgan fingerprint density at radius 2 is 1.90 bits per heavy atom. The summed E-state index contributed by atoms with van der Waals surface area (Å²) in [6.45, 7) is 2.38. The van der Waals surface area contributed by atoms with Crippen LogP contribution in [-0.4, -0.2) is 35.6 Å². The molecule has 0 aliphatic carbocycles. The van der Waals surface area contributed by atoms with E-state index in [1.165, 1.54) is 0 Å². The molecule has 1 fully saturated rings. The second-order valence-electron chi connectivity index (χ2n) is 7.78. The largest absolute Gasteiger partial charge is 0.481 e. The van der Waals surface area contributed by atoms with Gasteiger partial charge in [0.05, 0.1) is 17.3 Å². The molecule has 1 unspecified atom stereocenters. The fourth-order valence-electron chi connectivity index (χ4n) is 3.89. The van der Waals surface area contributed by atoms with E-state index in [2.05, 4.69) is 39.1 Å². The molecule has 1 aliphatic heterocycles. The van der Waals surface area contributed by atoms with E-state index < -0.39 is 5.97 Å². The van der Waals surface area contributed by atoms with E-state index in [4.69, 9.17) is 0 Å². The molecule has 1 saturated heterocycles. The predicted octanol–water partition coefficient (Wildman–Crippen LogP) is 5.79. The maximum atomic E-state index is 11.2. The topological polar surface area (TPSA) is 65.3 Å². The number of carbonyl (C=O) groups is 1. The van der Waals surface area contributed by atoms with Crippen molar-refractivity contribution in [3.63, 3.8) is 0 Å². The number of hydrogen-bond acceptors (Lipinski definition) is 4. The van der Waals surface area contributed by atoms with Crippen LogP contribution in [0, 0.1) is 17.8 Å². The van der Waals surface area contributed by atoms with Crippen LogP contribution in [0.5, 0.6) is 0 Å². The molecule has 1 atom stereocenters. The molecular formula is C26H25N3O2. The summed E-state index contributed by atoms with van der Waals surface area (Å²) in [5, 5.41) is 20.3. The first-order chi connectivity index (χ1) is 15.2. The SMILES string of the molecule is O=C(O)C1CCCN(CCC#Cc2cccc(N=Nc3cccc4ccccc34)c2)C1. The molecule has 0 aromatic heterocycles. The minimum atomic E-state index is -0.690. The van der Waals surface area contributed by atoms with Crippen molar-refractivity contribution in [1.29, 1.82) is 0 Å². The lowest BCUT2D eigenvalue weighted by Crippen LogP contribution is -2.39. The van der Waals surface area contributed by atoms with E-state index in [1.54, 1.807) is 0 Å². The monoisotopic (exact) mass is 411 g/mol. The summed E-state index contributed by atoms with van der Waals surface area (Å²) >= 11 is 0. The Hall–Kier alpha value is -3.49. The van der Waals surface area contributed by atoms with E-state index in [0.29, 0.717) is 13.0 Å². The van der Waals surface area contributed by atoms with Crippen molar-refractivity contribution in [2.75, 3.05) is 19.6 Å². The van der Waals surface area contributed by atoms with Crippen LogP contribution >= 0.6 is 0 Å². The van der Waals surface area contributed by atoms with Crippen molar-refractivity contribution in [2.45, 2.75) is 19.3 Å². The molecule has 31 heavy (non-hydrogen) atoms. The van der Waals surface area contributed by atoms with E-state index in [0.717, 1.165) is 53.6 Å². The normalized spacial score (nSPS) is 16.8. The van der Waals surface area contributed by atoms with Crippen molar-refractivity contribution in [3.8, 4) is 11.8 Å². The number of rotatable bonds is 5. The minimum absolute atomic E-state index is 0.245. The summed E-state index contributed by atoms with van der Waals surface area (Å²) in [7, 11) is 0. The third-order valence-corrected chi connectivity index (χ3v) is 5.53. The van der Waals surface area contributed by atoms with E-state index in [1.807, 2.05) is 54.6 Å². The van der Waals surface area contributed by atoms with Gasteiger partial charge in [0.1, 0.15) is 0 Å². The zero-order valence-corrected chi connectivity index (χ0v) is 17.4. The molecule has 3 aromatic rings. The Morgan fingerprint density at radius 1 is 1.06 bits per heavy atom. The average Bonchev–Trinajstić information content (AvgIpc) is 2.81. The van der Waals surface area contributed by atoms with Gasteiger partial charge in [0, 0.05) is 30.5 Å². The molecular weight excluding hydrogens is 386 g/mol. The maximum Gasteiger partial charge on any atom is 0.307 e. The van der Waals surface area contributed by atoms with E-state index >= 15 is 0 Å². The van der Waals surface area contributed by atoms with Gasteiger partial charge < -0.3 is 10.0 Å². The fraction of sp³-hybridized carbons (Fsp3) is 0.269. The lowest BCUT2D eigenvalue weighted by Gasteiger charge is -2.29. The number of aliphatic carboxylic acids is 1. The van der Waals surface area contributed by atoms with Crippen LogP contribution in [0.4, 0.5) is 11.4 Å². The molecule has 1 aliphatic rings. The lowest BCUT2D eigenvalue weighted by atomic mass is 9.98. The van der Waals surface area contributed by atoms with Crippen LogP contribution in [0.3, 0.4) is 0 Å². The van der Waals surface area contributed by atoms with E-state index in [9.17, 15) is 9.90 Å². The number of fused-ring (bicyclic) bond motifs is 1. The molecule has 0 spiro atoms. The maximum absolute atomic E-state index is 11.2. The number of azo groups is 1. The molecule has 1 heterocycles. The standard InChI is InChI=1S/C26H25N3O2/c30-26(31)22-12-7-17-29(19-22)16-4-3-8-20-9-5-13-23(18-20)27-28-25-15-6-11-21-10-1-2-14-24(21)25/h1-2,5-6,9-11,13-15,18,22H,4,7,12,16-17,19H2,(H,30,31). The van der Waals surface area contributed by atoms with Gasteiger partial charge in [0.2, 0.25) is 0 Å². The van der Waals surface area contributed by atoms with E-state index in [-0.39, 0.29) is 5.92 Å². The molecule has 156 valence electrons. The Kier molecular flexibility index (Phi) is 6.71. The quantitative estimate of drug-likeness (QED) is 0.427. The van der Waals surface area contributed by atoms with Crippen molar-refractivity contribution < 1.29 is 9.90 Å². The molecule has 5 heteroatoms. The number of hydrogen-bond donors (Lipinski definition) is 1. The number of benzene rings is 3. The van der Waals surface area contributed by atoms with Crippen molar-refractivity contribution in [1.82, 2.24) is 4.90 Å². The Bertz CT molecular complexity index is 1150. The first-order valence-corrected chi connectivity index (χ1v) is 10.6. The Labute approximate surface area is 182 Å². The van der Waals surface area contributed by atoms with Crippen LogP contribution in [0.15, 0.2) is 77.0 Å². The highest BCUT2D eigenvalue weighted by molar-refractivity contribution is 5.92. The summed E-state index contributed by atoms with van der Waals surface area (Å²) in [5.74, 6) is 5.46. The van der Waals surface area contributed by atoms with Crippen LogP contribution in [-0.2, 0) is 4.79 Å². The molecule has 0 radical (unpaired) electrons. The molecule has 4 rings (SSSR count). The van der Waals surface area contributed by atoms with Crippen LogP contribution < -0.4 is 0 Å². The highest BCUT2D eigenvalue weighted by Crippen LogP contribution is 2.27. The molecule has 0 amide bonds. The van der Waals surface area contributed by atoms with Crippen molar-refractivity contribution in [2.24, 2.45) is 16.1 Å². The number of carboxylic acids is 1. The number of likely N-dealkylation sites (tertiary alicyclic amines) is 1. The predicted molar refractivity (Wildman–Crippen MR) is 123 cm³/mol. The van der Waals surface area contributed by atoms with Gasteiger partial charge in [0.15, 0.2) is 0 Å². The van der Waals surface area contributed by atoms with Crippen LogP contribution in [0.25, 0.3) is 10.8 Å². The van der Waals surface area contributed by atoms with Crippen molar-refractivity contribution in [3.05, 3.63) is 72.3 Å². The summed E-state index contributed by atoms with van der Waals surface area (Å²) in [5.41, 5.74) is 2.51. The minimum Gasteiger partial charge on any atom is -0.481 e. The summed E-state index contributed by atoms with van der Waals surface area (Å²) < 4.78 is 0. The highest BCUT2D eigenvalue weighted by Gasteiger charge is 2.24. The zero-order valence-electron chi connectivity index (χ0n) is 17.4. The third kappa shape index (κ3) is 5.56. The van der Waals surface area contributed by atoms with Gasteiger partial charge >= 0.3 is 5.97 Å². The lowest BCUT2D eigenvalue weighted by molar-refractivity contribution is -0.143.